The maximum atomic E-state index is 14.2. The molecule has 7 aromatic rings. The van der Waals surface area contributed by atoms with E-state index in [1.165, 1.54) is 21.9 Å². The van der Waals surface area contributed by atoms with Crippen LogP contribution in [0.2, 0.25) is 0 Å². The topological polar surface area (TPSA) is 122 Å². The molecule has 0 aromatic heterocycles. The van der Waals surface area contributed by atoms with Gasteiger partial charge in [0.2, 0.25) is 0 Å². The Hall–Kier alpha value is -6.90. The lowest BCUT2D eigenvalue weighted by Gasteiger charge is -2.34. The second kappa shape index (κ2) is 10.3. The van der Waals surface area contributed by atoms with Crippen LogP contribution < -0.4 is 0 Å². The zero-order chi connectivity index (χ0) is 34.6. The van der Waals surface area contributed by atoms with Crippen molar-refractivity contribution in [2.24, 2.45) is 0 Å². The van der Waals surface area contributed by atoms with E-state index in [2.05, 4.69) is 12.1 Å². The number of carbonyl (C=O) groups is 4. The fraction of sp³-hybridized carbons (Fsp3) is 0.0952. The summed E-state index contributed by atoms with van der Waals surface area (Å²) >= 11 is 0. The number of amides is 4. The molecule has 0 saturated heterocycles. The quantitative estimate of drug-likeness (QED) is 0.108. The Kier molecular flexibility index (Phi) is 6.03. The number of hydrogen-bond donors (Lipinski definition) is 0. The van der Waals surface area contributed by atoms with Gasteiger partial charge >= 0.3 is 0 Å². The SMILES string of the molecule is CC(c1ccccc1)N1C(=O)c2ccc3c4c(C#N)cc5c6c(ccc(c7c(C#N)cc(c2c37)C1=O)c64)C(=O)N(C(C)c1ccccc1)C5=O. The highest BCUT2D eigenvalue weighted by molar-refractivity contribution is 6.42. The van der Waals surface area contributed by atoms with Gasteiger partial charge in [0.05, 0.1) is 46.5 Å². The number of carbonyl (C=O) groups excluding carboxylic acids is 4. The highest BCUT2D eigenvalue weighted by Gasteiger charge is 2.41. The minimum absolute atomic E-state index is 0.207. The molecular weight excluding hydrogens is 624 g/mol. The van der Waals surface area contributed by atoms with Crippen LogP contribution in [0.15, 0.2) is 97.1 Å². The Morgan fingerprint density at radius 2 is 0.820 bits per heavy atom. The number of hydrogen-bond acceptors (Lipinski definition) is 6. The molecule has 0 N–H and O–H groups in total. The number of nitrogens with zero attached hydrogens (tertiary/aromatic N) is 4. The van der Waals surface area contributed by atoms with Crippen molar-refractivity contribution in [2.75, 3.05) is 0 Å². The lowest BCUT2D eigenvalue weighted by molar-refractivity contribution is 0.0534. The molecule has 8 nitrogen and oxygen atoms in total. The largest absolute Gasteiger partial charge is 0.269 e. The van der Waals surface area contributed by atoms with E-state index in [4.69, 9.17) is 0 Å². The summed E-state index contributed by atoms with van der Waals surface area (Å²) in [5.74, 6) is -1.94. The van der Waals surface area contributed by atoms with Crippen molar-refractivity contribution in [1.82, 2.24) is 9.80 Å². The number of fused-ring (bicyclic) bond motifs is 2. The summed E-state index contributed by atoms with van der Waals surface area (Å²) in [6.45, 7) is 3.59. The first-order valence-electron chi connectivity index (χ1n) is 16.2. The molecule has 0 spiro atoms. The van der Waals surface area contributed by atoms with Crippen LogP contribution in [0.5, 0.6) is 0 Å². The number of rotatable bonds is 4. The third kappa shape index (κ3) is 3.62. The minimum atomic E-state index is -0.571. The van der Waals surface area contributed by atoms with Gasteiger partial charge in [-0.15, -0.1) is 0 Å². The molecular formula is C42H24N4O4. The van der Waals surface area contributed by atoms with Crippen molar-refractivity contribution in [2.45, 2.75) is 25.9 Å². The summed E-state index contributed by atoms with van der Waals surface area (Å²) < 4.78 is 0. The number of benzene rings is 7. The Balaban J connectivity index is 1.35. The van der Waals surface area contributed by atoms with Gasteiger partial charge in [-0.3, -0.25) is 29.0 Å². The van der Waals surface area contributed by atoms with Gasteiger partial charge in [0.15, 0.2) is 0 Å². The fourth-order valence-electron chi connectivity index (χ4n) is 8.15. The highest BCUT2D eigenvalue weighted by Crippen LogP contribution is 2.49. The molecule has 2 aliphatic rings. The van der Waals surface area contributed by atoms with Crippen molar-refractivity contribution in [3.05, 3.63) is 142 Å². The van der Waals surface area contributed by atoms with Crippen LogP contribution in [0.25, 0.3) is 43.1 Å². The predicted molar refractivity (Wildman–Crippen MR) is 188 cm³/mol. The normalized spacial score (nSPS) is 15.3. The first-order valence-corrected chi connectivity index (χ1v) is 16.2. The van der Waals surface area contributed by atoms with Gasteiger partial charge in [0.25, 0.3) is 23.6 Å². The van der Waals surface area contributed by atoms with Gasteiger partial charge < -0.3 is 0 Å². The minimum Gasteiger partial charge on any atom is -0.269 e. The van der Waals surface area contributed by atoms with Gasteiger partial charge in [-0.25, -0.2) is 0 Å². The zero-order valence-corrected chi connectivity index (χ0v) is 26.8. The molecule has 0 radical (unpaired) electrons. The molecule has 50 heavy (non-hydrogen) atoms. The van der Waals surface area contributed by atoms with Gasteiger partial charge in [-0.05, 0) is 60.0 Å². The van der Waals surface area contributed by atoms with Crippen LogP contribution in [0.3, 0.4) is 0 Å². The second-order valence-electron chi connectivity index (χ2n) is 12.9. The summed E-state index contributed by atoms with van der Waals surface area (Å²) in [5.41, 5.74) is 3.07. The average Bonchev–Trinajstić information content (AvgIpc) is 3.15. The van der Waals surface area contributed by atoms with Crippen LogP contribution in [0, 0.1) is 22.7 Å². The molecule has 4 amide bonds. The molecule has 8 heteroatoms. The fourth-order valence-corrected chi connectivity index (χ4v) is 8.15. The maximum absolute atomic E-state index is 14.2. The Labute approximate surface area is 285 Å². The predicted octanol–water partition coefficient (Wildman–Crippen LogP) is 8.19. The van der Waals surface area contributed by atoms with E-state index in [-0.39, 0.29) is 22.3 Å². The molecule has 0 fully saturated rings. The molecule has 2 aliphatic heterocycles. The lowest BCUT2D eigenvalue weighted by atomic mass is 9.79. The van der Waals surface area contributed by atoms with E-state index in [9.17, 15) is 29.7 Å². The monoisotopic (exact) mass is 648 g/mol. The van der Waals surface area contributed by atoms with Gasteiger partial charge in [-0.1, -0.05) is 72.8 Å². The molecule has 2 unspecified atom stereocenters. The summed E-state index contributed by atoms with van der Waals surface area (Å²) in [6.07, 6.45) is 0. The van der Waals surface area contributed by atoms with E-state index in [0.29, 0.717) is 54.2 Å². The molecule has 0 saturated carbocycles. The van der Waals surface area contributed by atoms with Gasteiger partial charge in [0, 0.05) is 43.4 Å². The van der Waals surface area contributed by atoms with E-state index >= 15 is 0 Å². The molecule has 0 aliphatic carbocycles. The highest BCUT2D eigenvalue weighted by atomic mass is 16.2. The third-order valence-corrected chi connectivity index (χ3v) is 10.5. The van der Waals surface area contributed by atoms with Crippen molar-refractivity contribution >= 4 is 66.7 Å². The van der Waals surface area contributed by atoms with E-state index in [1.807, 2.05) is 60.7 Å². The van der Waals surface area contributed by atoms with Crippen molar-refractivity contribution in [3.8, 4) is 12.1 Å². The zero-order valence-electron chi connectivity index (χ0n) is 26.8. The van der Waals surface area contributed by atoms with E-state index in [0.717, 1.165) is 11.1 Å². The van der Waals surface area contributed by atoms with E-state index in [1.54, 1.807) is 38.1 Å². The molecule has 2 heterocycles. The van der Waals surface area contributed by atoms with Crippen molar-refractivity contribution in [3.63, 3.8) is 0 Å². The molecule has 236 valence electrons. The van der Waals surface area contributed by atoms with Crippen LogP contribution in [0.4, 0.5) is 0 Å². The van der Waals surface area contributed by atoms with E-state index < -0.39 is 35.7 Å². The van der Waals surface area contributed by atoms with Crippen molar-refractivity contribution in [1.29, 1.82) is 10.5 Å². The summed E-state index contributed by atoms with van der Waals surface area (Å²) in [6, 6.07) is 31.9. The van der Waals surface area contributed by atoms with Gasteiger partial charge in [-0.2, -0.15) is 10.5 Å². The first-order chi connectivity index (χ1) is 24.3. The molecule has 2 atom stereocenters. The summed E-state index contributed by atoms with van der Waals surface area (Å²) in [4.78, 5) is 59.3. The Bertz CT molecular complexity index is 2600. The van der Waals surface area contributed by atoms with Crippen molar-refractivity contribution < 1.29 is 19.2 Å². The lowest BCUT2D eigenvalue weighted by Crippen LogP contribution is -2.42. The average molecular weight is 649 g/mol. The number of imide groups is 2. The molecule has 9 rings (SSSR count). The second-order valence-corrected chi connectivity index (χ2v) is 12.9. The maximum Gasteiger partial charge on any atom is 0.262 e. The number of nitriles is 2. The van der Waals surface area contributed by atoms with Crippen LogP contribution in [-0.2, 0) is 0 Å². The molecule has 7 aromatic carbocycles. The smallest absolute Gasteiger partial charge is 0.262 e. The van der Waals surface area contributed by atoms with Crippen LogP contribution in [-0.4, -0.2) is 33.4 Å². The summed E-state index contributed by atoms with van der Waals surface area (Å²) in [7, 11) is 0. The first kappa shape index (κ1) is 29.3. The van der Waals surface area contributed by atoms with Crippen LogP contribution in [0.1, 0.15) is 89.6 Å². The summed E-state index contributed by atoms with van der Waals surface area (Å²) in [5, 5.41) is 25.1. The third-order valence-electron chi connectivity index (χ3n) is 10.5. The Morgan fingerprint density at radius 3 is 1.18 bits per heavy atom. The van der Waals surface area contributed by atoms with Crippen LogP contribution >= 0.6 is 0 Å². The standard InChI is InChI=1S/C42H24N4O4/c1-21(23-9-5-3-6-10-23)45-39(47)29-15-13-27-34-26(20-44)18-32-36-30(40(48)46(42(32)50)22(2)24-11-7-4-8-12-24)16-14-28(38(34)36)33-25(19-43)17-31(41(45)49)35(29)37(27)33/h3-18,21-22H,1-2H3. The Morgan fingerprint density at radius 1 is 0.460 bits per heavy atom. The van der Waals surface area contributed by atoms with Gasteiger partial charge in [0.1, 0.15) is 0 Å². The molecule has 0 bridgehead atoms.